The number of nitrogens with one attached hydrogen (secondary N) is 1. The van der Waals surface area contributed by atoms with Gasteiger partial charge < -0.3 is 5.32 Å². The Morgan fingerprint density at radius 1 is 1.24 bits per heavy atom. The van der Waals surface area contributed by atoms with Crippen LogP contribution in [-0.4, -0.2) is 20.9 Å². The first-order valence-corrected chi connectivity index (χ1v) is 7.89. The van der Waals surface area contributed by atoms with Crippen LogP contribution in [0.25, 0.3) is 10.9 Å². The summed E-state index contributed by atoms with van der Waals surface area (Å²) in [7, 11) is 0. The van der Waals surface area contributed by atoms with E-state index in [4.69, 9.17) is 0 Å². The fourth-order valence-electron chi connectivity index (χ4n) is 2.41. The predicted molar refractivity (Wildman–Crippen MR) is 91.4 cm³/mol. The van der Waals surface area contributed by atoms with E-state index in [1.165, 1.54) is 10.7 Å². The molecule has 1 N–H and O–H groups in total. The van der Waals surface area contributed by atoms with Crippen molar-refractivity contribution in [3.05, 3.63) is 69.8 Å². The number of rotatable bonds is 5. The number of carbonyl (C=O) groups excluding carboxylic acids is 1. The molecule has 0 radical (unpaired) electrons. The minimum absolute atomic E-state index is 0.0846. The van der Waals surface area contributed by atoms with Crippen molar-refractivity contribution in [2.24, 2.45) is 0 Å². The maximum absolute atomic E-state index is 13.5. The topological polar surface area (TPSA) is 76.9 Å². The predicted octanol–water partition coefficient (Wildman–Crippen LogP) is 1.95. The first-order chi connectivity index (χ1) is 12.0. The van der Waals surface area contributed by atoms with Crippen LogP contribution in [0.15, 0.2) is 47.3 Å². The smallest absolute Gasteiger partial charge is 0.277 e. The van der Waals surface area contributed by atoms with Crippen molar-refractivity contribution in [3.63, 3.8) is 0 Å². The molecule has 0 bridgehead atoms. The highest BCUT2D eigenvalue weighted by Gasteiger charge is 2.08. The molecule has 0 fully saturated rings. The van der Waals surface area contributed by atoms with Crippen LogP contribution in [0.5, 0.6) is 0 Å². The second-order valence-corrected chi connectivity index (χ2v) is 5.75. The lowest BCUT2D eigenvalue weighted by Crippen LogP contribution is -2.29. The monoisotopic (exact) mass is 340 g/mol. The number of nitrogens with zero attached hydrogens (tertiary/aromatic N) is 3. The number of halogens is 1. The normalized spacial score (nSPS) is 10.8. The van der Waals surface area contributed by atoms with Crippen molar-refractivity contribution in [3.8, 4) is 0 Å². The highest BCUT2D eigenvalue weighted by Crippen LogP contribution is 2.09. The molecular weight excluding hydrogens is 323 g/mol. The third-order valence-electron chi connectivity index (χ3n) is 3.91. The molecule has 0 aliphatic rings. The van der Waals surface area contributed by atoms with Crippen LogP contribution >= 0.6 is 0 Å². The van der Waals surface area contributed by atoms with Gasteiger partial charge in [0.25, 0.3) is 5.56 Å². The van der Waals surface area contributed by atoms with Crippen molar-refractivity contribution in [1.29, 1.82) is 0 Å². The zero-order chi connectivity index (χ0) is 17.8. The highest BCUT2D eigenvalue weighted by molar-refractivity contribution is 5.77. The maximum Gasteiger partial charge on any atom is 0.277 e. The lowest BCUT2D eigenvalue weighted by Gasteiger charge is -2.07. The first kappa shape index (κ1) is 16.8. The number of aryl methyl sites for hydroxylation is 2. The number of aromatic nitrogens is 3. The number of hydrogen-bond acceptors (Lipinski definition) is 4. The molecule has 0 unspecified atom stereocenters. The summed E-state index contributed by atoms with van der Waals surface area (Å²) in [6.45, 7) is 2.04. The van der Waals surface area contributed by atoms with Gasteiger partial charge >= 0.3 is 0 Å². The van der Waals surface area contributed by atoms with E-state index >= 15 is 0 Å². The van der Waals surface area contributed by atoms with Crippen molar-refractivity contribution >= 4 is 16.8 Å². The Balaban J connectivity index is 1.60. The quantitative estimate of drug-likeness (QED) is 0.770. The molecule has 128 valence electrons. The molecular formula is C18H17FN4O2. The molecule has 25 heavy (non-hydrogen) atoms. The zero-order valence-corrected chi connectivity index (χ0v) is 13.7. The zero-order valence-electron chi connectivity index (χ0n) is 13.7. The van der Waals surface area contributed by atoms with E-state index in [0.717, 1.165) is 0 Å². The maximum atomic E-state index is 13.5. The molecule has 2 aromatic carbocycles. The molecule has 6 nitrogen and oxygen atoms in total. The van der Waals surface area contributed by atoms with Gasteiger partial charge in [-0.1, -0.05) is 29.5 Å². The summed E-state index contributed by atoms with van der Waals surface area (Å²) in [4.78, 5) is 24.2. The average Bonchev–Trinajstić information content (AvgIpc) is 2.62. The molecule has 0 aliphatic heterocycles. The van der Waals surface area contributed by atoms with Gasteiger partial charge in [-0.15, -0.1) is 5.10 Å². The van der Waals surface area contributed by atoms with Gasteiger partial charge in [-0.05, 0) is 36.2 Å². The Hall–Kier alpha value is -3.09. The van der Waals surface area contributed by atoms with Crippen molar-refractivity contribution in [2.45, 2.75) is 26.4 Å². The van der Waals surface area contributed by atoms with Gasteiger partial charge in [0.2, 0.25) is 5.91 Å². The molecule has 3 aromatic rings. The SMILES string of the molecule is Cc1ccc(CNC(=O)CCn2nnc3ccccc3c2=O)cc1F. The first-order valence-electron chi connectivity index (χ1n) is 7.89. The fourth-order valence-corrected chi connectivity index (χ4v) is 2.41. The second-order valence-electron chi connectivity index (χ2n) is 5.75. The average molecular weight is 340 g/mol. The van der Waals surface area contributed by atoms with Crippen LogP contribution in [0.4, 0.5) is 4.39 Å². The van der Waals surface area contributed by atoms with Gasteiger partial charge in [0.05, 0.1) is 11.9 Å². The van der Waals surface area contributed by atoms with Crippen molar-refractivity contribution < 1.29 is 9.18 Å². The van der Waals surface area contributed by atoms with Crippen LogP contribution in [0, 0.1) is 12.7 Å². The Morgan fingerprint density at radius 2 is 2.04 bits per heavy atom. The largest absolute Gasteiger partial charge is 0.352 e. The molecule has 1 aromatic heterocycles. The van der Waals surface area contributed by atoms with Gasteiger partial charge in [0.1, 0.15) is 11.3 Å². The lowest BCUT2D eigenvalue weighted by atomic mass is 10.1. The van der Waals surface area contributed by atoms with Crippen molar-refractivity contribution in [2.75, 3.05) is 0 Å². The molecule has 1 heterocycles. The van der Waals surface area contributed by atoms with Crippen LogP contribution in [0.3, 0.4) is 0 Å². The fraction of sp³-hybridized carbons (Fsp3) is 0.222. The number of hydrogen-bond donors (Lipinski definition) is 1. The third kappa shape index (κ3) is 3.88. The minimum Gasteiger partial charge on any atom is -0.352 e. The summed E-state index contributed by atoms with van der Waals surface area (Å²) < 4.78 is 14.7. The molecule has 3 rings (SSSR count). The van der Waals surface area contributed by atoms with Crippen molar-refractivity contribution in [1.82, 2.24) is 20.3 Å². The molecule has 0 saturated heterocycles. The lowest BCUT2D eigenvalue weighted by molar-refractivity contribution is -0.121. The van der Waals surface area contributed by atoms with E-state index in [1.54, 1.807) is 43.3 Å². The molecule has 7 heteroatoms. The van der Waals surface area contributed by atoms with Gasteiger partial charge in [0.15, 0.2) is 0 Å². The van der Waals surface area contributed by atoms with E-state index in [1.807, 2.05) is 0 Å². The second kappa shape index (κ2) is 7.21. The van der Waals surface area contributed by atoms with E-state index in [-0.39, 0.29) is 36.8 Å². The van der Waals surface area contributed by atoms with E-state index in [2.05, 4.69) is 15.6 Å². The van der Waals surface area contributed by atoms with E-state index in [9.17, 15) is 14.0 Å². The number of benzene rings is 2. The molecule has 0 saturated carbocycles. The van der Waals surface area contributed by atoms with Crippen LogP contribution in [0.2, 0.25) is 0 Å². The van der Waals surface area contributed by atoms with Gasteiger partial charge in [-0.2, -0.15) is 0 Å². The van der Waals surface area contributed by atoms with Crippen LogP contribution < -0.4 is 10.9 Å². The minimum atomic E-state index is -0.301. The standard InChI is InChI=1S/C18H17FN4O2/c1-12-6-7-13(10-15(12)19)11-20-17(24)8-9-23-18(25)14-4-2-3-5-16(14)21-22-23/h2-7,10H,8-9,11H2,1H3,(H,20,24). The summed E-state index contributed by atoms with van der Waals surface area (Å²) in [6, 6.07) is 11.7. The number of amides is 1. The summed E-state index contributed by atoms with van der Waals surface area (Å²) in [5.41, 5.74) is 1.48. The Labute approximate surface area is 143 Å². The molecule has 0 spiro atoms. The van der Waals surface area contributed by atoms with Gasteiger partial charge in [0, 0.05) is 13.0 Å². The van der Waals surface area contributed by atoms with Crippen LogP contribution in [-0.2, 0) is 17.9 Å². The van der Waals surface area contributed by atoms with E-state index in [0.29, 0.717) is 22.0 Å². The molecule has 0 aliphatic carbocycles. The Bertz CT molecular complexity index is 984. The summed E-state index contributed by atoms with van der Waals surface area (Å²) in [5, 5.41) is 11.0. The highest BCUT2D eigenvalue weighted by atomic mass is 19.1. The number of fused-ring (bicyclic) bond motifs is 1. The molecule has 1 amide bonds. The van der Waals surface area contributed by atoms with Gasteiger partial charge in [-0.25, -0.2) is 9.07 Å². The number of carbonyl (C=O) groups is 1. The third-order valence-corrected chi connectivity index (χ3v) is 3.91. The summed E-state index contributed by atoms with van der Waals surface area (Å²) in [6.07, 6.45) is 0.0846. The summed E-state index contributed by atoms with van der Waals surface area (Å²) >= 11 is 0. The summed E-state index contributed by atoms with van der Waals surface area (Å²) in [5.74, 6) is -0.549. The Morgan fingerprint density at radius 3 is 2.84 bits per heavy atom. The van der Waals surface area contributed by atoms with Gasteiger partial charge in [-0.3, -0.25) is 9.59 Å². The van der Waals surface area contributed by atoms with E-state index < -0.39 is 0 Å². The Kier molecular flexibility index (Phi) is 4.83. The molecule has 0 atom stereocenters. The van der Waals surface area contributed by atoms with Crippen LogP contribution in [0.1, 0.15) is 17.5 Å².